The van der Waals surface area contributed by atoms with E-state index in [1.54, 1.807) is 0 Å². The van der Waals surface area contributed by atoms with Gasteiger partial charge >= 0.3 is 0 Å². The molecule has 1 aliphatic carbocycles. The van der Waals surface area contributed by atoms with Crippen LogP contribution < -0.4 is 0 Å². The predicted octanol–water partition coefficient (Wildman–Crippen LogP) is 3.74. The van der Waals surface area contributed by atoms with E-state index >= 15 is 0 Å². The van der Waals surface area contributed by atoms with Gasteiger partial charge in [0.1, 0.15) is 5.76 Å². The van der Waals surface area contributed by atoms with E-state index in [4.69, 9.17) is 4.74 Å². The van der Waals surface area contributed by atoms with Crippen LogP contribution in [0, 0.1) is 0 Å². The molecule has 2 aromatic rings. The minimum Gasteiger partial charge on any atom is -0.491 e. The molecule has 0 aromatic heterocycles. The van der Waals surface area contributed by atoms with Gasteiger partial charge in [-0.1, -0.05) is 36.4 Å². The van der Waals surface area contributed by atoms with Crippen molar-refractivity contribution in [3.63, 3.8) is 0 Å². The zero-order valence-corrected chi connectivity index (χ0v) is 9.51. The van der Waals surface area contributed by atoms with Crippen molar-refractivity contribution in [2.45, 2.75) is 0 Å². The Kier molecular flexibility index (Phi) is 1.66. The maximum Gasteiger partial charge on any atom is 0.141 e. The number of thioether (sulfide) groups is 1. The van der Waals surface area contributed by atoms with Crippen molar-refractivity contribution < 1.29 is 4.74 Å². The first-order valence-electron chi connectivity index (χ1n) is 5.47. The van der Waals surface area contributed by atoms with E-state index in [9.17, 15) is 0 Å². The highest BCUT2D eigenvalue weighted by Crippen LogP contribution is 2.49. The quantitative estimate of drug-likeness (QED) is 0.676. The summed E-state index contributed by atoms with van der Waals surface area (Å²) in [6.07, 6.45) is 0. The third-order valence-electron chi connectivity index (χ3n) is 3.18. The van der Waals surface area contributed by atoms with Gasteiger partial charge in [0.25, 0.3) is 0 Å². The summed E-state index contributed by atoms with van der Waals surface area (Å²) in [5.74, 6) is 2.16. The molecule has 0 amide bonds. The van der Waals surface area contributed by atoms with Crippen LogP contribution in [0.25, 0.3) is 21.4 Å². The fourth-order valence-electron chi connectivity index (χ4n) is 2.54. The molecule has 4 rings (SSSR count). The molecule has 0 saturated carbocycles. The van der Waals surface area contributed by atoms with Gasteiger partial charge in [0.2, 0.25) is 0 Å². The number of hydrogen-bond donors (Lipinski definition) is 0. The molecule has 2 aromatic carbocycles. The van der Waals surface area contributed by atoms with Gasteiger partial charge in [-0.3, -0.25) is 0 Å². The van der Waals surface area contributed by atoms with Crippen LogP contribution in [-0.4, -0.2) is 12.4 Å². The van der Waals surface area contributed by atoms with E-state index in [1.807, 2.05) is 11.8 Å². The minimum atomic E-state index is 0.827. The summed E-state index contributed by atoms with van der Waals surface area (Å²) < 4.78 is 5.83. The second-order valence-electron chi connectivity index (χ2n) is 4.06. The van der Waals surface area contributed by atoms with Crippen molar-refractivity contribution in [3.8, 4) is 0 Å². The maximum atomic E-state index is 5.83. The molecule has 0 atom stereocenters. The molecular formula is C14H10OS. The second kappa shape index (κ2) is 3.05. The van der Waals surface area contributed by atoms with Gasteiger partial charge in [-0.15, -0.1) is 11.8 Å². The standard InChI is InChI=1S/C14H10OS/c1-3-9-4-2-6-11-12(9)10(5-1)13-14(11)16-8-7-15-13/h1-6H,7-8H2. The van der Waals surface area contributed by atoms with E-state index in [0.717, 1.165) is 18.1 Å². The van der Waals surface area contributed by atoms with Crippen molar-refractivity contribution in [1.29, 1.82) is 0 Å². The molecule has 0 spiro atoms. The van der Waals surface area contributed by atoms with Crippen LogP contribution in [0.15, 0.2) is 36.4 Å². The van der Waals surface area contributed by atoms with Crippen LogP contribution >= 0.6 is 11.8 Å². The van der Waals surface area contributed by atoms with Crippen LogP contribution in [0.1, 0.15) is 11.1 Å². The summed E-state index contributed by atoms with van der Waals surface area (Å²) in [5, 5.41) is 2.68. The van der Waals surface area contributed by atoms with Crippen LogP contribution in [0.2, 0.25) is 0 Å². The smallest absolute Gasteiger partial charge is 0.141 e. The molecule has 1 aliphatic heterocycles. The molecule has 78 valence electrons. The Morgan fingerprint density at radius 1 is 1.00 bits per heavy atom. The largest absolute Gasteiger partial charge is 0.491 e. The molecule has 0 fully saturated rings. The van der Waals surface area contributed by atoms with Crippen LogP contribution in [0.3, 0.4) is 0 Å². The minimum absolute atomic E-state index is 0.827. The summed E-state index contributed by atoms with van der Waals surface area (Å²) in [7, 11) is 0. The van der Waals surface area contributed by atoms with Crippen molar-refractivity contribution in [2.24, 2.45) is 0 Å². The molecule has 0 unspecified atom stereocenters. The fraction of sp³-hybridized carbons (Fsp3) is 0.143. The molecule has 2 aliphatic rings. The topological polar surface area (TPSA) is 9.23 Å². The summed E-state index contributed by atoms with van der Waals surface area (Å²) in [6.45, 7) is 0.827. The molecule has 0 radical (unpaired) electrons. The van der Waals surface area contributed by atoms with Crippen LogP contribution in [0.5, 0.6) is 0 Å². The molecule has 1 nitrogen and oxygen atoms in total. The Balaban J connectivity index is 2.16. The highest BCUT2D eigenvalue weighted by Gasteiger charge is 2.27. The normalized spacial score (nSPS) is 17.5. The summed E-state index contributed by atoms with van der Waals surface area (Å²) in [5.41, 5.74) is 2.63. The van der Waals surface area contributed by atoms with Crippen molar-refractivity contribution in [3.05, 3.63) is 47.5 Å². The van der Waals surface area contributed by atoms with Gasteiger partial charge in [-0.05, 0) is 5.39 Å². The lowest BCUT2D eigenvalue weighted by Gasteiger charge is -2.16. The molecule has 0 saturated heterocycles. The first kappa shape index (κ1) is 8.71. The summed E-state index contributed by atoms with van der Waals surface area (Å²) >= 11 is 1.92. The first-order valence-corrected chi connectivity index (χ1v) is 6.46. The van der Waals surface area contributed by atoms with E-state index < -0.39 is 0 Å². The number of rotatable bonds is 0. The van der Waals surface area contributed by atoms with Crippen LogP contribution in [0.4, 0.5) is 0 Å². The third-order valence-corrected chi connectivity index (χ3v) is 4.24. The molecule has 16 heavy (non-hydrogen) atoms. The number of fused-ring (bicyclic) bond motifs is 2. The molecule has 0 bridgehead atoms. The van der Waals surface area contributed by atoms with Gasteiger partial charge in [0.15, 0.2) is 0 Å². The molecule has 2 heteroatoms. The van der Waals surface area contributed by atoms with E-state index in [-0.39, 0.29) is 0 Å². The predicted molar refractivity (Wildman–Crippen MR) is 69.2 cm³/mol. The molecule has 0 N–H and O–H groups in total. The Morgan fingerprint density at radius 2 is 1.81 bits per heavy atom. The van der Waals surface area contributed by atoms with E-state index in [0.29, 0.717) is 0 Å². The zero-order valence-electron chi connectivity index (χ0n) is 8.69. The van der Waals surface area contributed by atoms with Gasteiger partial charge in [0, 0.05) is 22.3 Å². The first-order chi connectivity index (χ1) is 7.95. The Labute approximate surface area is 98.1 Å². The summed E-state index contributed by atoms with van der Waals surface area (Å²) in [4.78, 5) is 1.33. The van der Waals surface area contributed by atoms with Crippen molar-refractivity contribution >= 4 is 33.2 Å². The molecule has 1 heterocycles. The fourth-order valence-corrected chi connectivity index (χ4v) is 3.53. The lowest BCUT2D eigenvalue weighted by Crippen LogP contribution is -2.02. The zero-order chi connectivity index (χ0) is 10.5. The average molecular weight is 226 g/mol. The van der Waals surface area contributed by atoms with Gasteiger partial charge in [-0.25, -0.2) is 0 Å². The number of benzene rings is 2. The van der Waals surface area contributed by atoms with Gasteiger partial charge in [-0.2, -0.15) is 0 Å². The Bertz CT molecular complexity index is 577. The van der Waals surface area contributed by atoms with Crippen molar-refractivity contribution in [1.82, 2.24) is 0 Å². The van der Waals surface area contributed by atoms with E-state index in [2.05, 4.69) is 36.4 Å². The second-order valence-corrected chi connectivity index (χ2v) is 5.17. The van der Waals surface area contributed by atoms with Gasteiger partial charge < -0.3 is 4.74 Å². The Morgan fingerprint density at radius 3 is 2.69 bits per heavy atom. The number of hydrogen-bond acceptors (Lipinski definition) is 2. The average Bonchev–Trinajstić information content (AvgIpc) is 2.68. The highest BCUT2D eigenvalue weighted by atomic mass is 32.2. The summed E-state index contributed by atoms with van der Waals surface area (Å²) in [6, 6.07) is 13.0. The lowest BCUT2D eigenvalue weighted by molar-refractivity contribution is 0.302. The Hall–Kier alpha value is -1.41. The number of ether oxygens (including phenoxy) is 1. The SMILES string of the molecule is c1cc2c3c(cccc3c1)C1=C2OCCS1. The van der Waals surface area contributed by atoms with Gasteiger partial charge in [0.05, 0.1) is 11.5 Å². The highest BCUT2D eigenvalue weighted by molar-refractivity contribution is 8.08. The van der Waals surface area contributed by atoms with E-state index in [1.165, 1.54) is 26.8 Å². The maximum absolute atomic E-state index is 5.83. The van der Waals surface area contributed by atoms with Crippen molar-refractivity contribution in [2.75, 3.05) is 12.4 Å². The third kappa shape index (κ3) is 0.978. The lowest BCUT2D eigenvalue weighted by atomic mass is 10.0. The van der Waals surface area contributed by atoms with Crippen LogP contribution in [-0.2, 0) is 4.74 Å². The monoisotopic (exact) mass is 226 g/mol. The molecular weight excluding hydrogens is 216 g/mol.